The highest BCUT2D eigenvalue weighted by Crippen LogP contribution is 2.05. The molecule has 0 spiro atoms. The third-order valence-electron chi connectivity index (χ3n) is 1.81. The first-order valence-electron chi connectivity index (χ1n) is 4.19. The zero-order chi connectivity index (χ0) is 10.4. The Morgan fingerprint density at radius 1 is 1.23 bits per heavy atom. The van der Waals surface area contributed by atoms with Crippen LogP contribution in [0.4, 0.5) is 0 Å². The lowest BCUT2D eigenvalue weighted by Gasteiger charge is -2.20. The van der Waals surface area contributed by atoms with E-state index in [4.69, 9.17) is 15.3 Å². The Kier molecular flexibility index (Phi) is 5.81. The van der Waals surface area contributed by atoms with Crippen LogP contribution in [0, 0.1) is 0 Å². The molecule has 0 saturated carbocycles. The molecule has 0 amide bonds. The summed E-state index contributed by atoms with van der Waals surface area (Å²) in [6.45, 7) is 1.00. The van der Waals surface area contributed by atoms with Crippen LogP contribution >= 0.6 is 0 Å². The largest absolute Gasteiger partial charge is 0.394 e. The zero-order valence-corrected chi connectivity index (χ0v) is 7.55. The number of hydrogen-bond acceptors (Lipinski definition) is 5. The molecule has 0 saturated heterocycles. The van der Waals surface area contributed by atoms with E-state index < -0.39 is 24.9 Å². The predicted molar refractivity (Wildman–Crippen MR) is 45.0 cm³/mol. The molecule has 0 aromatic carbocycles. The van der Waals surface area contributed by atoms with Gasteiger partial charge in [0.25, 0.3) is 0 Å². The third kappa shape index (κ3) is 4.33. The summed E-state index contributed by atoms with van der Waals surface area (Å²) in [4.78, 5) is 10.8. The second kappa shape index (κ2) is 6.04. The second-order valence-corrected chi connectivity index (χ2v) is 2.90. The zero-order valence-electron chi connectivity index (χ0n) is 7.55. The summed E-state index contributed by atoms with van der Waals surface area (Å²) in [7, 11) is 0. The summed E-state index contributed by atoms with van der Waals surface area (Å²) in [6, 6.07) is 0. The first-order valence-corrected chi connectivity index (χ1v) is 4.19. The molecule has 0 aromatic heterocycles. The molecule has 0 aliphatic carbocycles. The van der Waals surface area contributed by atoms with Gasteiger partial charge < -0.3 is 20.4 Å². The van der Waals surface area contributed by atoms with Crippen molar-refractivity contribution in [2.45, 2.75) is 38.1 Å². The van der Waals surface area contributed by atoms with E-state index in [-0.39, 0.29) is 18.6 Å². The van der Waals surface area contributed by atoms with Gasteiger partial charge in [0.05, 0.1) is 12.7 Å². The monoisotopic (exact) mass is 192 g/mol. The number of aliphatic hydroxyl groups excluding tert-OH is 4. The van der Waals surface area contributed by atoms with Crippen LogP contribution in [0.3, 0.4) is 0 Å². The van der Waals surface area contributed by atoms with E-state index >= 15 is 0 Å². The number of carbonyl (C=O) groups excluding carboxylic acids is 1. The van der Waals surface area contributed by atoms with Gasteiger partial charge in [0.1, 0.15) is 18.0 Å². The smallest absolute Gasteiger partial charge is 0.135 e. The SMILES string of the molecule is CCC(=O)C[C@@H](O)[C@H](O)[C@H](O)CO. The lowest BCUT2D eigenvalue weighted by atomic mass is 10.0. The Morgan fingerprint density at radius 3 is 2.15 bits per heavy atom. The molecule has 3 atom stereocenters. The van der Waals surface area contributed by atoms with Crippen molar-refractivity contribution in [3.05, 3.63) is 0 Å². The molecule has 5 nitrogen and oxygen atoms in total. The van der Waals surface area contributed by atoms with Gasteiger partial charge >= 0.3 is 0 Å². The second-order valence-electron chi connectivity index (χ2n) is 2.90. The molecule has 0 radical (unpaired) electrons. The molecule has 4 N–H and O–H groups in total. The molecule has 0 bridgehead atoms. The number of ketones is 1. The van der Waals surface area contributed by atoms with Crippen molar-refractivity contribution >= 4 is 5.78 Å². The van der Waals surface area contributed by atoms with E-state index in [0.29, 0.717) is 0 Å². The minimum atomic E-state index is -1.47. The summed E-state index contributed by atoms with van der Waals surface area (Å²) in [6.07, 6.45) is -4.11. The van der Waals surface area contributed by atoms with Crippen molar-refractivity contribution in [2.75, 3.05) is 6.61 Å². The molecular weight excluding hydrogens is 176 g/mol. The molecule has 0 aromatic rings. The van der Waals surface area contributed by atoms with Gasteiger partial charge in [-0.05, 0) is 0 Å². The highest BCUT2D eigenvalue weighted by molar-refractivity contribution is 5.78. The van der Waals surface area contributed by atoms with Gasteiger partial charge in [0, 0.05) is 12.8 Å². The Hall–Kier alpha value is -0.490. The minimum Gasteiger partial charge on any atom is -0.394 e. The summed E-state index contributed by atoms with van der Waals surface area (Å²) in [5, 5.41) is 35.6. The Bertz CT molecular complexity index is 159. The van der Waals surface area contributed by atoms with Crippen LogP contribution < -0.4 is 0 Å². The maximum Gasteiger partial charge on any atom is 0.135 e. The molecular formula is C8H16O5. The Morgan fingerprint density at radius 2 is 1.77 bits per heavy atom. The maximum absolute atomic E-state index is 10.8. The molecule has 0 unspecified atom stereocenters. The fraction of sp³-hybridized carbons (Fsp3) is 0.875. The minimum absolute atomic E-state index is 0.198. The highest BCUT2D eigenvalue weighted by Gasteiger charge is 2.25. The van der Waals surface area contributed by atoms with E-state index in [1.54, 1.807) is 6.92 Å². The van der Waals surface area contributed by atoms with Gasteiger partial charge in [-0.15, -0.1) is 0 Å². The molecule has 0 heterocycles. The number of carbonyl (C=O) groups is 1. The Labute approximate surface area is 76.6 Å². The highest BCUT2D eigenvalue weighted by atomic mass is 16.4. The quantitative estimate of drug-likeness (QED) is 0.407. The van der Waals surface area contributed by atoms with Crippen LogP contribution in [0.25, 0.3) is 0 Å². The lowest BCUT2D eigenvalue weighted by Crippen LogP contribution is -2.40. The fourth-order valence-corrected chi connectivity index (χ4v) is 0.863. The van der Waals surface area contributed by atoms with Gasteiger partial charge in [-0.25, -0.2) is 0 Å². The van der Waals surface area contributed by atoms with E-state index in [0.717, 1.165) is 0 Å². The van der Waals surface area contributed by atoms with Crippen LogP contribution in [0.1, 0.15) is 19.8 Å². The number of hydrogen-bond donors (Lipinski definition) is 4. The number of aliphatic hydroxyl groups is 4. The van der Waals surface area contributed by atoms with E-state index in [1.807, 2.05) is 0 Å². The van der Waals surface area contributed by atoms with Crippen molar-refractivity contribution in [2.24, 2.45) is 0 Å². The average Bonchev–Trinajstić information content (AvgIpc) is 2.14. The van der Waals surface area contributed by atoms with Crippen molar-refractivity contribution in [3.63, 3.8) is 0 Å². The summed E-state index contributed by atoms with van der Waals surface area (Å²) in [5.41, 5.74) is 0. The van der Waals surface area contributed by atoms with Crippen molar-refractivity contribution in [1.29, 1.82) is 0 Å². The third-order valence-corrected chi connectivity index (χ3v) is 1.81. The van der Waals surface area contributed by atoms with Crippen molar-refractivity contribution < 1.29 is 25.2 Å². The molecule has 0 aliphatic heterocycles. The summed E-state index contributed by atoms with van der Waals surface area (Å²) in [5.74, 6) is -0.198. The predicted octanol–water partition coefficient (Wildman–Crippen LogP) is -1.57. The molecule has 0 aliphatic rings. The van der Waals surface area contributed by atoms with Gasteiger partial charge in [0.15, 0.2) is 0 Å². The van der Waals surface area contributed by atoms with E-state index in [1.165, 1.54) is 0 Å². The van der Waals surface area contributed by atoms with Crippen molar-refractivity contribution in [1.82, 2.24) is 0 Å². The van der Waals surface area contributed by atoms with Gasteiger partial charge in [0.2, 0.25) is 0 Å². The average molecular weight is 192 g/mol. The van der Waals surface area contributed by atoms with Crippen LogP contribution in [0.15, 0.2) is 0 Å². The summed E-state index contributed by atoms with van der Waals surface area (Å²) < 4.78 is 0. The van der Waals surface area contributed by atoms with Gasteiger partial charge in [-0.1, -0.05) is 6.92 Å². The normalized spacial score (nSPS) is 17.9. The molecule has 0 fully saturated rings. The maximum atomic E-state index is 10.8. The summed E-state index contributed by atoms with van der Waals surface area (Å²) >= 11 is 0. The topological polar surface area (TPSA) is 98.0 Å². The standard InChI is InChI=1S/C8H16O5/c1-2-5(10)3-6(11)8(13)7(12)4-9/h6-9,11-13H,2-4H2,1H3/t6-,7-,8+/m1/s1. The molecule has 0 rings (SSSR count). The lowest BCUT2D eigenvalue weighted by molar-refractivity contribution is -0.125. The molecule has 78 valence electrons. The van der Waals surface area contributed by atoms with Crippen molar-refractivity contribution in [3.8, 4) is 0 Å². The first-order chi connectivity index (χ1) is 6.02. The molecule has 13 heavy (non-hydrogen) atoms. The van der Waals surface area contributed by atoms with Crippen LogP contribution in [-0.2, 0) is 4.79 Å². The molecule has 5 heteroatoms. The fourth-order valence-electron chi connectivity index (χ4n) is 0.863. The van der Waals surface area contributed by atoms with Gasteiger partial charge in [-0.2, -0.15) is 0 Å². The first kappa shape index (κ1) is 12.5. The van der Waals surface area contributed by atoms with Gasteiger partial charge in [-0.3, -0.25) is 4.79 Å². The van der Waals surface area contributed by atoms with Crippen LogP contribution in [-0.4, -0.2) is 51.1 Å². The van der Waals surface area contributed by atoms with E-state index in [2.05, 4.69) is 0 Å². The number of Topliss-reactive ketones (excluding diaryl/α,β-unsaturated/α-hetero) is 1. The van der Waals surface area contributed by atoms with Crippen LogP contribution in [0.5, 0.6) is 0 Å². The van der Waals surface area contributed by atoms with Crippen LogP contribution in [0.2, 0.25) is 0 Å². The number of rotatable bonds is 6. The Balaban J connectivity index is 3.95. The van der Waals surface area contributed by atoms with E-state index in [9.17, 15) is 9.90 Å².